The van der Waals surface area contributed by atoms with Gasteiger partial charge < -0.3 is 19.9 Å². The minimum Gasteiger partial charge on any atom is -0.390 e. The van der Waals surface area contributed by atoms with Crippen LogP contribution < -0.4 is 5.32 Å². The Morgan fingerprint density at radius 2 is 1.72 bits per heavy atom. The molecule has 0 amide bonds. The van der Waals surface area contributed by atoms with E-state index < -0.39 is 5.60 Å². The predicted octanol–water partition coefficient (Wildman–Crippen LogP) is 1.81. The van der Waals surface area contributed by atoms with Crippen LogP contribution in [-0.4, -0.2) is 42.3 Å². The molecule has 0 saturated carbocycles. The molecule has 2 unspecified atom stereocenters. The third kappa shape index (κ3) is 3.67. The molecule has 2 fully saturated rings. The van der Waals surface area contributed by atoms with Gasteiger partial charge in [-0.3, -0.25) is 0 Å². The van der Waals surface area contributed by atoms with Crippen LogP contribution in [0.1, 0.15) is 52.4 Å². The molecule has 0 spiro atoms. The summed E-state index contributed by atoms with van der Waals surface area (Å²) in [5.74, 6) is 0. The summed E-state index contributed by atoms with van der Waals surface area (Å²) in [7, 11) is 0. The lowest BCUT2D eigenvalue weighted by atomic mass is 9.75. The van der Waals surface area contributed by atoms with Crippen LogP contribution in [-0.2, 0) is 9.47 Å². The van der Waals surface area contributed by atoms with E-state index in [1.165, 1.54) is 19.3 Å². The lowest BCUT2D eigenvalue weighted by molar-refractivity contribution is -0.178. The average molecular weight is 257 g/mol. The number of hydrogen-bond donors (Lipinski definition) is 2. The number of piperidine rings is 2. The van der Waals surface area contributed by atoms with Gasteiger partial charge in [0, 0.05) is 31.7 Å². The summed E-state index contributed by atoms with van der Waals surface area (Å²) < 4.78 is 11.1. The molecule has 18 heavy (non-hydrogen) atoms. The molecule has 0 aliphatic carbocycles. The zero-order valence-electron chi connectivity index (χ0n) is 11.7. The Bertz CT molecular complexity index is 241. The van der Waals surface area contributed by atoms with Gasteiger partial charge in [0.1, 0.15) is 0 Å². The Labute approximate surface area is 110 Å². The number of aliphatic hydroxyl groups is 1. The summed E-state index contributed by atoms with van der Waals surface area (Å²) in [5, 5.41) is 14.4. The van der Waals surface area contributed by atoms with E-state index in [0.29, 0.717) is 31.7 Å². The van der Waals surface area contributed by atoms with Gasteiger partial charge in [-0.2, -0.15) is 0 Å². The largest absolute Gasteiger partial charge is 0.390 e. The van der Waals surface area contributed by atoms with Crippen molar-refractivity contribution in [3.8, 4) is 0 Å². The SMILES string of the molecule is CCOC(CC1(O)CC2CCCC(C1)N2)OCC. The maximum Gasteiger partial charge on any atom is 0.160 e. The number of rotatable bonds is 6. The van der Waals surface area contributed by atoms with Crippen LogP contribution in [0.25, 0.3) is 0 Å². The molecule has 0 aromatic rings. The average Bonchev–Trinajstić information content (AvgIpc) is 2.28. The van der Waals surface area contributed by atoms with E-state index in [0.717, 1.165) is 12.8 Å². The van der Waals surface area contributed by atoms with E-state index in [1.807, 2.05) is 13.8 Å². The van der Waals surface area contributed by atoms with Gasteiger partial charge in [0.25, 0.3) is 0 Å². The second-order valence-electron chi connectivity index (χ2n) is 5.67. The van der Waals surface area contributed by atoms with E-state index in [4.69, 9.17) is 9.47 Å². The highest BCUT2D eigenvalue weighted by molar-refractivity contribution is 4.98. The van der Waals surface area contributed by atoms with Gasteiger partial charge in [-0.05, 0) is 39.5 Å². The Morgan fingerprint density at radius 3 is 2.22 bits per heavy atom. The van der Waals surface area contributed by atoms with Crippen LogP contribution in [0.4, 0.5) is 0 Å². The summed E-state index contributed by atoms with van der Waals surface area (Å²) in [6, 6.07) is 0.956. The van der Waals surface area contributed by atoms with Crippen LogP contribution >= 0.6 is 0 Å². The van der Waals surface area contributed by atoms with Crippen LogP contribution in [0.5, 0.6) is 0 Å². The van der Waals surface area contributed by atoms with Crippen LogP contribution in [0.2, 0.25) is 0 Å². The first-order valence-corrected chi connectivity index (χ1v) is 7.37. The van der Waals surface area contributed by atoms with Crippen molar-refractivity contribution in [2.45, 2.75) is 76.3 Å². The third-order valence-electron chi connectivity index (χ3n) is 4.08. The van der Waals surface area contributed by atoms with Crippen molar-refractivity contribution in [1.82, 2.24) is 5.32 Å². The Morgan fingerprint density at radius 1 is 1.17 bits per heavy atom. The van der Waals surface area contributed by atoms with Gasteiger partial charge >= 0.3 is 0 Å². The normalized spacial score (nSPS) is 36.0. The first-order chi connectivity index (χ1) is 8.65. The third-order valence-corrected chi connectivity index (χ3v) is 4.08. The van der Waals surface area contributed by atoms with Crippen molar-refractivity contribution in [3.63, 3.8) is 0 Å². The second kappa shape index (κ2) is 6.33. The smallest absolute Gasteiger partial charge is 0.160 e. The number of hydrogen-bond acceptors (Lipinski definition) is 4. The molecule has 4 nitrogen and oxygen atoms in total. The molecule has 2 saturated heterocycles. The standard InChI is InChI=1S/C14H27NO3/c1-3-17-13(18-4-2)10-14(16)8-11-6-5-7-12(9-14)15-11/h11-13,15-16H,3-10H2,1-2H3. The van der Waals surface area contributed by atoms with E-state index in [-0.39, 0.29) is 6.29 Å². The molecule has 2 rings (SSSR count). The second-order valence-corrected chi connectivity index (χ2v) is 5.67. The molecule has 0 aromatic carbocycles. The van der Waals surface area contributed by atoms with Gasteiger partial charge in [0.05, 0.1) is 5.60 Å². The zero-order chi connectivity index (χ0) is 13.0. The molecule has 2 heterocycles. The first-order valence-electron chi connectivity index (χ1n) is 7.37. The van der Waals surface area contributed by atoms with Crippen LogP contribution in [0, 0.1) is 0 Å². The van der Waals surface area contributed by atoms with Crippen LogP contribution in [0.3, 0.4) is 0 Å². The lowest BCUT2D eigenvalue weighted by Gasteiger charge is -2.46. The van der Waals surface area contributed by atoms with Gasteiger partial charge in [0.2, 0.25) is 0 Å². The summed E-state index contributed by atoms with van der Waals surface area (Å²) in [4.78, 5) is 0. The van der Waals surface area contributed by atoms with E-state index in [1.54, 1.807) is 0 Å². The fourth-order valence-corrected chi connectivity index (χ4v) is 3.45. The van der Waals surface area contributed by atoms with E-state index in [2.05, 4.69) is 5.32 Å². The number of fused-ring (bicyclic) bond motifs is 2. The number of ether oxygens (including phenoxy) is 2. The summed E-state index contributed by atoms with van der Waals surface area (Å²) in [6.45, 7) is 5.19. The van der Waals surface area contributed by atoms with Crippen molar-refractivity contribution in [3.05, 3.63) is 0 Å². The van der Waals surface area contributed by atoms with Gasteiger partial charge in [0.15, 0.2) is 6.29 Å². The first kappa shape index (κ1) is 14.3. The maximum atomic E-state index is 10.8. The molecule has 2 bridgehead atoms. The molecule has 0 radical (unpaired) electrons. The molecule has 106 valence electrons. The molecule has 0 aromatic heterocycles. The summed E-state index contributed by atoms with van der Waals surface area (Å²) in [5.41, 5.74) is -0.615. The molecule has 2 atom stereocenters. The molecular weight excluding hydrogens is 230 g/mol. The topological polar surface area (TPSA) is 50.7 Å². The molecule has 2 N–H and O–H groups in total. The highest BCUT2D eigenvalue weighted by Crippen LogP contribution is 2.36. The van der Waals surface area contributed by atoms with E-state index in [9.17, 15) is 5.11 Å². The quantitative estimate of drug-likeness (QED) is 0.713. The Kier molecular flexibility index (Phi) is 5.01. The van der Waals surface area contributed by atoms with Crippen molar-refractivity contribution in [2.24, 2.45) is 0 Å². The monoisotopic (exact) mass is 257 g/mol. The van der Waals surface area contributed by atoms with Crippen molar-refractivity contribution < 1.29 is 14.6 Å². The summed E-state index contributed by atoms with van der Waals surface area (Å²) >= 11 is 0. The van der Waals surface area contributed by atoms with Crippen molar-refractivity contribution in [1.29, 1.82) is 0 Å². The molecule has 2 aliphatic rings. The summed E-state index contributed by atoms with van der Waals surface area (Å²) in [6.07, 6.45) is 5.67. The van der Waals surface area contributed by atoms with Crippen LogP contribution in [0.15, 0.2) is 0 Å². The minimum absolute atomic E-state index is 0.260. The molecule has 2 aliphatic heterocycles. The maximum absolute atomic E-state index is 10.8. The van der Waals surface area contributed by atoms with Crippen molar-refractivity contribution in [2.75, 3.05) is 13.2 Å². The fraction of sp³-hybridized carbons (Fsp3) is 1.00. The minimum atomic E-state index is -0.615. The van der Waals surface area contributed by atoms with Crippen molar-refractivity contribution >= 4 is 0 Å². The Balaban J connectivity index is 1.92. The highest BCUT2D eigenvalue weighted by Gasteiger charge is 2.42. The highest BCUT2D eigenvalue weighted by atomic mass is 16.7. The van der Waals surface area contributed by atoms with Gasteiger partial charge in [-0.25, -0.2) is 0 Å². The van der Waals surface area contributed by atoms with Gasteiger partial charge in [-0.1, -0.05) is 6.42 Å². The molecular formula is C14H27NO3. The fourth-order valence-electron chi connectivity index (χ4n) is 3.45. The van der Waals surface area contributed by atoms with E-state index >= 15 is 0 Å². The Hall–Kier alpha value is -0.160. The zero-order valence-corrected chi connectivity index (χ0v) is 11.7. The predicted molar refractivity (Wildman–Crippen MR) is 70.4 cm³/mol. The number of nitrogens with one attached hydrogen (secondary N) is 1. The lowest BCUT2D eigenvalue weighted by Crippen LogP contribution is -2.56. The van der Waals surface area contributed by atoms with Gasteiger partial charge in [-0.15, -0.1) is 0 Å². The molecule has 4 heteroatoms.